The first-order valence-electron chi connectivity index (χ1n) is 6.92. The van der Waals surface area contributed by atoms with E-state index in [-0.39, 0.29) is 5.56 Å². The molecule has 0 atom stereocenters. The number of para-hydroxylation sites is 1. The van der Waals surface area contributed by atoms with Crippen molar-refractivity contribution in [3.63, 3.8) is 0 Å². The Kier molecular flexibility index (Phi) is 4.58. The van der Waals surface area contributed by atoms with Crippen LogP contribution in [-0.4, -0.2) is 22.7 Å². The van der Waals surface area contributed by atoms with E-state index in [9.17, 15) is 4.79 Å². The van der Waals surface area contributed by atoms with E-state index in [2.05, 4.69) is 18.8 Å². The molecule has 0 unspecified atom stereocenters. The van der Waals surface area contributed by atoms with Crippen LogP contribution in [0.2, 0.25) is 0 Å². The number of pyridine rings is 1. The van der Waals surface area contributed by atoms with E-state index in [0.717, 1.165) is 17.0 Å². The van der Waals surface area contributed by atoms with Gasteiger partial charge in [0.25, 0.3) is 0 Å². The van der Waals surface area contributed by atoms with Crippen molar-refractivity contribution in [2.75, 3.05) is 6.61 Å². The third-order valence-electron chi connectivity index (χ3n) is 3.05. The van der Waals surface area contributed by atoms with Crippen molar-refractivity contribution in [1.82, 2.24) is 4.98 Å². The Morgan fingerprint density at radius 3 is 2.57 bits per heavy atom. The summed E-state index contributed by atoms with van der Waals surface area (Å²) in [6.07, 6.45) is 0. The number of hydrogen-bond donors (Lipinski definition) is 1. The van der Waals surface area contributed by atoms with Crippen LogP contribution in [0.1, 0.15) is 29.9 Å². The molecule has 0 amide bonds. The number of ether oxygens (including phenoxy) is 1. The van der Waals surface area contributed by atoms with E-state index >= 15 is 0 Å². The zero-order valence-corrected chi connectivity index (χ0v) is 12.5. The van der Waals surface area contributed by atoms with Crippen LogP contribution in [0.4, 0.5) is 0 Å². The van der Waals surface area contributed by atoms with Gasteiger partial charge in [0.15, 0.2) is 0 Å². The first-order valence-corrected chi connectivity index (χ1v) is 6.92. The quantitative estimate of drug-likeness (QED) is 0.908. The molecule has 4 heteroatoms. The first-order chi connectivity index (χ1) is 9.99. The highest BCUT2D eigenvalue weighted by Gasteiger charge is 2.12. The maximum absolute atomic E-state index is 11.0. The number of carbonyl (C=O) groups is 1. The van der Waals surface area contributed by atoms with Gasteiger partial charge in [-0.05, 0) is 37.1 Å². The van der Waals surface area contributed by atoms with Gasteiger partial charge in [-0.1, -0.05) is 26.0 Å². The van der Waals surface area contributed by atoms with Crippen LogP contribution in [0.15, 0.2) is 36.4 Å². The summed E-state index contributed by atoms with van der Waals surface area (Å²) in [5.74, 6) is 0.235. The maximum Gasteiger partial charge on any atom is 0.337 e. The van der Waals surface area contributed by atoms with Crippen molar-refractivity contribution >= 4 is 5.97 Å². The van der Waals surface area contributed by atoms with Gasteiger partial charge in [0, 0.05) is 5.56 Å². The summed E-state index contributed by atoms with van der Waals surface area (Å²) in [6.45, 7) is 6.51. The van der Waals surface area contributed by atoms with E-state index in [0.29, 0.717) is 18.2 Å². The van der Waals surface area contributed by atoms with E-state index in [1.54, 1.807) is 19.1 Å². The lowest BCUT2D eigenvalue weighted by atomic mass is 10.1. The third-order valence-corrected chi connectivity index (χ3v) is 3.05. The molecular weight excluding hydrogens is 266 g/mol. The summed E-state index contributed by atoms with van der Waals surface area (Å²) < 4.78 is 5.81. The van der Waals surface area contributed by atoms with E-state index in [1.165, 1.54) is 0 Å². The molecule has 110 valence electrons. The minimum atomic E-state index is -0.962. The number of hydrogen-bond acceptors (Lipinski definition) is 3. The average Bonchev–Trinajstić information content (AvgIpc) is 2.45. The third kappa shape index (κ3) is 3.60. The molecule has 2 rings (SSSR count). The Labute approximate surface area is 124 Å². The Morgan fingerprint density at radius 1 is 1.24 bits per heavy atom. The fraction of sp³-hybridized carbons (Fsp3) is 0.294. The molecule has 2 aromatic rings. The molecule has 0 saturated carbocycles. The Bertz CT molecular complexity index is 650. The molecule has 0 bridgehead atoms. The van der Waals surface area contributed by atoms with Crippen LogP contribution >= 0.6 is 0 Å². The summed E-state index contributed by atoms with van der Waals surface area (Å²) in [4.78, 5) is 15.4. The number of nitrogens with zero attached hydrogens (tertiary/aromatic N) is 1. The van der Waals surface area contributed by atoms with Crippen LogP contribution in [0.25, 0.3) is 11.3 Å². The second-order valence-corrected chi connectivity index (χ2v) is 5.34. The highest BCUT2D eigenvalue weighted by molar-refractivity contribution is 5.89. The van der Waals surface area contributed by atoms with Gasteiger partial charge in [0.1, 0.15) is 5.75 Å². The van der Waals surface area contributed by atoms with Crippen LogP contribution in [0.3, 0.4) is 0 Å². The number of rotatable bonds is 5. The molecule has 1 N–H and O–H groups in total. The number of aryl methyl sites for hydroxylation is 1. The van der Waals surface area contributed by atoms with Gasteiger partial charge >= 0.3 is 5.97 Å². The van der Waals surface area contributed by atoms with Gasteiger partial charge in [-0.25, -0.2) is 4.79 Å². The summed E-state index contributed by atoms with van der Waals surface area (Å²) in [5, 5.41) is 9.06. The number of carboxylic acid groups (broad SMARTS) is 1. The van der Waals surface area contributed by atoms with Crippen molar-refractivity contribution in [2.45, 2.75) is 20.8 Å². The molecule has 21 heavy (non-hydrogen) atoms. The van der Waals surface area contributed by atoms with Crippen molar-refractivity contribution < 1.29 is 14.6 Å². The van der Waals surface area contributed by atoms with Crippen LogP contribution < -0.4 is 4.74 Å². The van der Waals surface area contributed by atoms with Crippen molar-refractivity contribution in [3.8, 4) is 17.0 Å². The Hall–Kier alpha value is -2.36. The van der Waals surface area contributed by atoms with Gasteiger partial charge in [0.05, 0.1) is 23.6 Å². The normalized spacial score (nSPS) is 10.7. The molecule has 0 aliphatic heterocycles. The summed E-state index contributed by atoms with van der Waals surface area (Å²) in [5.41, 5.74) is 2.31. The zero-order chi connectivity index (χ0) is 15.4. The predicted molar refractivity (Wildman–Crippen MR) is 81.7 cm³/mol. The minimum Gasteiger partial charge on any atom is -0.493 e. The molecular formula is C17H19NO3. The summed E-state index contributed by atoms with van der Waals surface area (Å²) >= 11 is 0. The molecule has 1 heterocycles. The lowest BCUT2D eigenvalue weighted by molar-refractivity contribution is 0.0695. The van der Waals surface area contributed by atoms with Crippen LogP contribution in [-0.2, 0) is 0 Å². The number of benzene rings is 1. The fourth-order valence-electron chi connectivity index (χ4n) is 2.00. The van der Waals surface area contributed by atoms with Gasteiger partial charge in [-0.2, -0.15) is 0 Å². The maximum atomic E-state index is 11.0. The van der Waals surface area contributed by atoms with Gasteiger partial charge in [-0.15, -0.1) is 0 Å². The number of carboxylic acids is 1. The van der Waals surface area contributed by atoms with Crippen molar-refractivity contribution in [3.05, 3.63) is 47.7 Å². The number of aromatic nitrogens is 1. The summed E-state index contributed by atoms with van der Waals surface area (Å²) in [6, 6.07) is 11.0. The molecule has 1 aromatic carbocycles. The van der Waals surface area contributed by atoms with E-state index in [4.69, 9.17) is 9.84 Å². The molecule has 0 radical (unpaired) electrons. The monoisotopic (exact) mass is 285 g/mol. The Morgan fingerprint density at radius 2 is 1.95 bits per heavy atom. The topological polar surface area (TPSA) is 59.4 Å². The summed E-state index contributed by atoms with van der Waals surface area (Å²) in [7, 11) is 0. The second kappa shape index (κ2) is 6.39. The molecule has 0 spiro atoms. The van der Waals surface area contributed by atoms with E-state index in [1.807, 2.05) is 24.3 Å². The first kappa shape index (κ1) is 15.0. The highest BCUT2D eigenvalue weighted by atomic mass is 16.5. The smallest absolute Gasteiger partial charge is 0.337 e. The molecule has 0 fully saturated rings. The zero-order valence-electron chi connectivity index (χ0n) is 12.5. The SMILES string of the molecule is Cc1nc(-c2ccccc2OCC(C)C)ccc1C(=O)O. The largest absolute Gasteiger partial charge is 0.493 e. The molecule has 0 saturated heterocycles. The van der Waals surface area contributed by atoms with Gasteiger partial charge in [-0.3, -0.25) is 4.98 Å². The van der Waals surface area contributed by atoms with E-state index < -0.39 is 5.97 Å². The van der Waals surface area contributed by atoms with Crippen molar-refractivity contribution in [2.24, 2.45) is 5.92 Å². The number of aromatic carboxylic acids is 1. The fourth-order valence-corrected chi connectivity index (χ4v) is 2.00. The molecule has 4 nitrogen and oxygen atoms in total. The second-order valence-electron chi connectivity index (χ2n) is 5.34. The van der Waals surface area contributed by atoms with Gasteiger partial charge < -0.3 is 9.84 Å². The van der Waals surface area contributed by atoms with Crippen LogP contribution in [0, 0.1) is 12.8 Å². The lowest BCUT2D eigenvalue weighted by Gasteiger charge is -2.13. The van der Waals surface area contributed by atoms with Crippen molar-refractivity contribution in [1.29, 1.82) is 0 Å². The standard InChI is InChI=1S/C17H19NO3/c1-11(2)10-21-16-7-5-4-6-14(16)15-9-8-13(17(19)20)12(3)18-15/h4-9,11H,10H2,1-3H3,(H,19,20). The molecule has 1 aromatic heterocycles. The molecule has 0 aliphatic carbocycles. The predicted octanol–water partition coefficient (Wildman–Crippen LogP) is 3.79. The Balaban J connectivity index is 2.38. The molecule has 0 aliphatic rings. The average molecular weight is 285 g/mol. The lowest BCUT2D eigenvalue weighted by Crippen LogP contribution is -2.06. The van der Waals surface area contributed by atoms with Crippen LogP contribution in [0.5, 0.6) is 5.75 Å². The minimum absolute atomic E-state index is 0.222. The highest BCUT2D eigenvalue weighted by Crippen LogP contribution is 2.29. The van der Waals surface area contributed by atoms with Gasteiger partial charge in [0.2, 0.25) is 0 Å².